The van der Waals surface area contributed by atoms with Crippen LogP contribution in [-0.2, 0) is 10.3 Å². The van der Waals surface area contributed by atoms with Crippen LogP contribution >= 0.6 is 0 Å². The lowest BCUT2D eigenvalue weighted by Gasteiger charge is -2.29. The van der Waals surface area contributed by atoms with Crippen LogP contribution in [0.3, 0.4) is 0 Å². The van der Waals surface area contributed by atoms with Gasteiger partial charge in [0.1, 0.15) is 5.54 Å². The molecule has 0 fully saturated rings. The van der Waals surface area contributed by atoms with E-state index in [1.807, 2.05) is 0 Å². The van der Waals surface area contributed by atoms with E-state index in [1.165, 1.54) is 4.90 Å². The molecule has 0 radical (unpaired) electrons. The highest BCUT2D eigenvalue weighted by Crippen LogP contribution is 2.23. The van der Waals surface area contributed by atoms with Gasteiger partial charge in [0.05, 0.1) is 6.42 Å². The number of benzene rings is 1. The van der Waals surface area contributed by atoms with Gasteiger partial charge in [-0.05, 0) is 19.0 Å². The van der Waals surface area contributed by atoms with Crippen LogP contribution < -0.4 is 11.5 Å². The minimum absolute atomic E-state index is 0.146. The van der Waals surface area contributed by atoms with Gasteiger partial charge in [0.25, 0.3) is 0 Å². The van der Waals surface area contributed by atoms with Crippen molar-refractivity contribution in [1.82, 2.24) is 4.90 Å². The molecule has 1 amide bonds. The van der Waals surface area contributed by atoms with Gasteiger partial charge in [0, 0.05) is 13.1 Å². The van der Waals surface area contributed by atoms with E-state index >= 15 is 0 Å². The fourth-order valence-electron chi connectivity index (χ4n) is 1.94. The van der Waals surface area contributed by atoms with Crippen LogP contribution in [0.2, 0.25) is 0 Å². The number of hydrogen-bond donors (Lipinski definition) is 2. The summed E-state index contributed by atoms with van der Waals surface area (Å²) in [4.78, 5) is 13.1. The first-order chi connectivity index (χ1) is 9.65. The molecule has 4 nitrogen and oxygen atoms in total. The first kappa shape index (κ1) is 17.5. The summed E-state index contributed by atoms with van der Waals surface area (Å²) in [6.45, 7) is 0.0948. The number of hydrogen-bond acceptors (Lipinski definition) is 3. The molecular formula is C14H20F3N3O. The van der Waals surface area contributed by atoms with Crippen molar-refractivity contribution in [2.24, 2.45) is 11.5 Å². The summed E-state index contributed by atoms with van der Waals surface area (Å²) in [6.07, 6.45) is -4.94. The molecule has 0 spiro atoms. The fraction of sp³-hybridized carbons (Fsp3) is 0.500. The Morgan fingerprint density at radius 2 is 1.67 bits per heavy atom. The van der Waals surface area contributed by atoms with Crippen LogP contribution in [0.15, 0.2) is 30.3 Å². The van der Waals surface area contributed by atoms with Gasteiger partial charge < -0.3 is 16.4 Å². The van der Waals surface area contributed by atoms with E-state index in [-0.39, 0.29) is 19.5 Å². The van der Waals surface area contributed by atoms with Crippen LogP contribution in [-0.4, -0.2) is 37.1 Å². The molecule has 0 aliphatic heterocycles. The van der Waals surface area contributed by atoms with Crippen molar-refractivity contribution in [1.29, 1.82) is 0 Å². The number of rotatable bonds is 7. The highest BCUT2D eigenvalue weighted by molar-refractivity contribution is 5.85. The number of carbonyl (C=O) groups is 1. The topological polar surface area (TPSA) is 72.3 Å². The van der Waals surface area contributed by atoms with Gasteiger partial charge in [0.2, 0.25) is 5.91 Å². The zero-order valence-electron chi connectivity index (χ0n) is 11.9. The summed E-state index contributed by atoms with van der Waals surface area (Å²) in [7, 11) is 1.55. The van der Waals surface area contributed by atoms with E-state index in [0.29, 0.717) is 5.56 Å². The minimum atomic E-state index is -4.20. The molecule has 0 saturated heterocycles. The lowest BCUT2D eigenvalue weighted by molar-refractivity contribution is -0.137. The largest absolute Gasteiger partial charge is 0.390 e. The Hall–Kier alpha value is -1.60. The summed E-state index contributed by atoms with van der Waals surface area (Å²) in [6, 6.07) is 8.60. The van der Waals surface area contributed by atoms with Crippen molar-refractivity contribution >= 4 is 5.91 Å². The first-order valence-electron chi connectivity index (χ1n) is 6.55. The molecule has 0 heterocycles. The van der Waals surface area contributed by atoms with Crippen molar-refractivity contribution in [3.05, 3.63) is 35.9 Å². The average molecular weight is 303 g/mol. The predicted octanol–water partition coefficient (Wildman–Crippen LogP) is 1.60. The van der Waals surface area contributed by atoms with Crippen LogP contribution in [0, 0.1) is 0 Å². The summed E-state index contributed by atoms with van der Waals surface area (Å²) in [5.41, 5.74) is 10.6. The maximum absolute atomic E-state index is 12.2. The molecule has 1 aromatic carbocycles. The highest BCUT2D eigenvalue weighted by Gasteiger charge is 2.34. The number of primary amides is 1. The molecule has 0 aliphatic carbocycles. The van der Waals surface area contributed by atoms with Crippen LogP contribution in [0.4, 0.5) is 13.2 Å². The van der Waals surface area contributed by atoms with Crippen LogP contribution in [0.25, 0.3) is 0 Å². The summed E-state index contributed by atoms with van der Waals surface area (Å²) in [5, 5.41) is 0. The Balaban J connectivity index is 2.66. The van der Waals surface area contributed by atoms with Gasteiger partial charge in [-0.3, -0.25) is 4.79 Å². The molecule has 4 N–H and O–H groups in total. The van der Waals surface area contributed by atoms with Gasteiger partial charge >= 0.3 is 6.18 Å². The van der Waals surface area contributed by atoms with Crippen molar-refractivity contribution in [2.75, 3.05) is 20.1 Å². The molecule has 7 heteroatoms. The first-order valence-corrected chi connectivity index (χ1v) is 6.55. The minimum Gasteiger partial charge on any atom is -0.368 e. The predicted molar refractivity (Wildman–Crippen MR) is 74.3 cm³/mol. The fourth-order valence-corrected chi connectivity index (χ4v) is 1.94. The Bertz CT molecular complexity index is 464. The number of alkyl halides is 3. The Morgan fingerprint density at radius 1 is 1.14 bits per heavy atom. The molecule has 1 aromatic rings. The van der Waals surface area contributed by atoms with Gasteiger partial charge in [-0.25, -0.2) is 0 Å². The SMILES string of the molecule is CN(CCC(F)(F)F)CCC(N)(C(N)=O)c1ccccc1. The Labute approximate surface area is 121 Å². The van der Waals surface area contributed by atoms with E-state index in [2.05, 4.69) is 0 Å². The van der Waals surface area contributed by atoms with Gasteiger partial charge in [-0.15, -0.1) is 0 Å². The lowest BCUT2D eigenvalue weighted by atomic mass is 9.87. The summed E-state index contributed by atoms with van der Waals surface area (Å²) >= 11 is 0. The normalized spacial score (nSPS) is 15.0. The van der Waals surface area contributed by atoms with Crippen molar-refractivity contribution in [2.45, 2.75) is 24.6 Å². The zero-order valence-corrected chi connectivity index (χ0v) is 11.9. The molecule has 0 bridgehead atoms. The van der Waals surface area contributed by atoms with E-state index in [1.54, 1.807) is 37.4 Å². The second-order valence-corrected chi connectivity index (χ2v) is 5.12. The van der Waals surface area contributed by atoms with Crippen LogP contribution in [0.5, 0.6) is 0 Å². The maximum atomic E-state index is 12.2. The lowest BCUT2D eigenvalue weighted by Crippen LogP contribution is -2.50. The molecular weight excluding hydrogens is 283 g/mol. The molecule has 0 aliphatic rings. The van der Waals surface area contributed by atoms with Crippen molar-refractivity contribution in [3.63, 3.8) is 0 Å². The van der Waals surface area contributed by atoms with Gasteiger partial charge in [-0.2, -0.15) is 13.2 Å². The molecule has 118 valence electrons. The standard InChI is InChI=1S/C14H20F3N3O/c1-20(10-8-14(15,16)17)9-7-13(19,12(18)21)11-5-3-2-4-6-11/h2-6H,7-10,19H2,1H3,(H2,18,21). The van der Waals surface area contributed by atoms with E-state index in [4.69, 9.17) is 11.5 Å². The molecule has 21 heavy (non-hydrogen) atoms. The third-order valence-corrected chi connectivity index (χ3v) is 3.39. The van der Waals surface area contributed by atoms with Gasteiger partial charge in [0.15, 0.2) is 0 Å². The van der Waals surface area contributed by atoms with E-state index in [0.717, 1.165) is 0 Å². The Morgan fingerprint density at radius 3 is 2.14 bits per heavy atom. The quantitative estimate of drug-likeness (QED) is 0.803. The summed E-state index contributed by atoms with van der Waals surface area (Å²) < 4.78 is 36.5. The number of nitrogens with two attached hydrogens (primary N) is 2. The van der Waals surface area contributed by atoms with E-state index < -0.39 is 24.0 Å². The monoisotopic (exact) mass is 303 g/mol. The molecule has 1 unspecified atom stereocenters. The molecule has 0 saturated carbocycles. The highest BCUT2D eigenvalue weighted by atomic mass is 19.4. The molecule has 0 aromatic heterocycles. The average Bonchev–Trinajstić information content (AvgIpc) is 2.42. The number of carbonyl (C=O) groups excluding carboxylic acids is 1. The van der Waals surface area contributed by atoms with Gasteiger partial charge in [-0.1, -0.05) is 30.3 Å². The maximum Gasteiger partial charge on any atom is 0.390 e. The molecule has 1 rings (SSSR count). The number of nitrogens with zero attached hydrogens (tertiary/aromatic N) is 1. The third kappa shape index (κ3) is 5.35. The number of amides is 1. The van der Waals surface area contributed by atoms with Crippen molar-refractivity contribution in [3.8, 4) is 0 Å². The van der Waals surface area contributed by atoms with Crippen molar-refractivity contribution < 1.29 is 18.0 Å². The molecule has 1 atom stereocenters. The number of halogens is 3. The second-order valence-electron chi connectivity index (χ2n) is 5.12. The smallest absolute Gasteiger partial charge is 0.368 e. The summed E-state index contributed by atoms with van der Waals surface area (Å²) in [5.74, 6) is -0.696. The second kappa shape index (κ2) is 6.91. The van der Waals surface area contributed by atoms with Crippen LogP contribution in [0.1, 0.15) is 18.4 Å². The zero-order chi connectivity index (χ0) is 16.1. The third-order valence-electron chi connectivity index (χ3n) is 3.39. The Kier molecular flexibility index (Phi) is 5.74. The van der Waals surface area contributed by atoms with E-state index in [9.17, 15) is 18.0 Å².